The first-order valence-electron chi connectivity index (χ1n) is 7.29. The van der Waals surface area contributed by atoms with E-state index in [2.05, 4.69) is 12.2 Å². The Morgan fingerprint density at radius 2 is 2.16 bits per heavy atom. The molecule has 1 aliphatic heterocycles. The summed E-state index contributed by atoms with van der Waals surface area (Å²) in [5, 5.41) is 11.7. The van der Waals surface area contributed by atoms with E-state index < -0.39 is 5.97 Å². The molecule has 0 aromatic carbocycles. The van der Waals surface area contributed by atoms with E-state index in [0.717, 1.165) is 25.9 Å². The van der Waals surface area contributed by atoms with Crippen LogP contribution in [0.25, 0.3) is 0 Å². The normalized spacial score (nSPS) is 24.3. The number of amides is 2. The fourth-order valence-corrected chi connectivity index (χ4v) is 2.79. The molecule has 19 heavy (non-hydrogen) atoms. The van der Waals surface area contributed by atoms with Gasteiger partial charge in [-0.15, -0.1) is 0 Å². The van der Waals surface area contributed by atoms with Crippen LogP contribution in [-0.2, 0) is 4.79 Å². The zero-order valence-corrected chi connectivity index (χ0v) is 11.7. The number of nitrogens with zero attached hydrogens (tertiary/aromatic N) is 1. The van der Waals surface area contributed by atoms with E-state index in [1.54, 1.807) is 0 Å². The number of carbonyl (C=O) groups is 2. The summed E-state index contributed by atoms with van der Waals surface area (Å²) in [5.74, 6) is -0.399. The smallest absolute Gasteiger partial charge is 0.317 e. The van der Waals surface area contributed by atoms with E-state index in [1.165, 1.54) is 12.8 Å². The number of urea groups is 1. The van der Waals surface area contributed by atoms with Crippen molar-refractivity contribution in [3.63, 3.8) is 0 Å². The second-order valence-corrected chi connectivity index (χ2v) is 6.05. The van der Waals surface area contributed by atoms with E-state index in [0.29, 0.717) is 24.3 Å². The average molecular weight is 268 g/mol. The van der Waals surface area contributed by atoms with Crippen LogP contribution in [0.15, 0.2) is 0 Å². The minimum atomic E-state index is -0.749. The van der Waals surface area contributed by atoms with Crippen molar-refractivity contribution in [1.82, 2.24) is 10.2 Å². The largest absolute Gasteiger partial charge is 0.481 e. The van der Waals surface area contributed by atoms with Crippen LogP contribution in [0.1, 0.15) is 45.4 Å². The Morgan fingerprint density at radius 1 is 1.42 bits per heavy atom. The van der Waals surface area contributed by atoms with Gasteiger partial charge in [-0.2, -0.15) is 0 Å². The maximum absolute atomic E-state index is 12.0. The number of carboxylic acids is 1. The lowest BCUT2D eigenvalue weighted by Crippen LogP contribution is -2.41. The zero-order valence-electron chi connectivity index (χ0n) is 11.7. The zero-order chi connectivity index (χ0) is 13.9. The highest BCUT2D eigenvalue weighted by atomic mass is 16.4. The van der Waals surface area contributed by atoms with Crippen LogP contribution in [0.4, 0.5) is 4.79 Å². The van der Waals surface area contributed by atoms with Crippen LogP contribution in [0, 0.1) is 11.3 Å². The molecule has 1 atom stereocenters. The SMILES string of the molecule is CCC1(CNC(=O)N2CCC(CCC(=O)O)C2)CC1. The van der Waals surface area contributed by atoms with Crippen molar-refractivity contribution in [2.75, 3.05) is 19.6 Å². The Kier molecular flexibility index (Phi) is 4.32. The van der Waals surface area contributed by atoms with E-state index in [9.17, 15) is 9.59 Å². The number of aliphatic carboxylic acids is 1. The lowest BCUT2D eigenvalue weighted by atomic mass is 10.0. The van der Waals surface area contributed by atoms with Gasteiger partial charge in [-0.1, -0.05) is 6.92 Å². The predicted octanol–water partition coefficient (Wildman–Crippen LogP) is 2.07. The third kappa shape index (κ3) is 3.85. The van der Waals surface area contributed by atoms with Crippen LogP contribution in [0.3, 0.4) is 0 Å². The fraction of sp³-hybridized carbons (Fsp3) is 0.857. The second-order valence-electron chi connectivity index (χ2n) is 6.05. The summed E-state index contributed by atoms with van der Waals surface area (Å²) >= 11 is 0. The number of carboxylic acid groups (broad SMARTS) is 1. The summed E-state index contributed by atoms with van der Waals surface area (Å²) in [4.78, 5) is 24.4. The number of rotatable bonds is 6. The Hall–Kier alpha value is -1.26. The Morgan fingerprint density at radius 3 is 2.74 bits per heavy atom. The number of nitrogens with one attached hydrogen (secondary N) is 1. The van der Waals surface area contributed by atoms with Crippen molar-refractivity contribution < 1.29 is 14.7 Å². The van der Waals surface area contributed by atoms with Gasteiger partial charge >= 0.3 is 12.0 Å². The molecule has 1 heterocycles. The first-order valence-corrected chi connectivity index (χ1v) is 7.29. The molecular formula is C14H24N2O3. The molecular weight excluding hydrogens is 244 g/mol. The first kappa shape index (κ1) is 14.2. The molecule has 5 heteroatoms. The Labute approximate surface area is 114 Å². The van der Waals surface area contributed by atoms with Gasteiger partial charge < -0.3 is 15.3 Å². The number of hydrogen-bond acceptors (Lipinski definition) is 2. The molecule has 1 saturated carbocycles. The van der Waals surface area contributed by atoms with Crippen LogP contribution >= 0.6 is 0 Å². The maximum atomic E-state index is 12.0. The highest BCUT2D eigenvalue weighted by Gasteiger charge is 2.41. The maximum Gasteiger partial charge on any atom is 0.317 e. The quantitative estimate of drug-likeness (QED) is 0.774. The lowest BCUT2D eigenvalue weighted by Gasteiger charge is -2.20. The van der Waals surface area contributed by atoms with Crippen molar-refractivity contribution >= 4 is 12.0 Å². The van der Waals surface area contributed by atoms with Gasteiger partial charge in [0, 0.05) is 26.1 Å². The molecule has 2 amide bonds. The molecule has 1 unspecified atom stereocenters. The summed E-state index contributed by atoms with van der Waals surface area (Å²) in [6.07, 6.45) is 5.40. The Balaban J connectivity index is 1.68. The van der Waals surface area contributed by atoms with Crippen LogP contribution < -0.4 is 5.32 Å². The van der Waals surface area contributed by atoms with E-state index >= 15 is 0 Å². The fourth-order valence-electron chi connectivity index (χ4n) is 2.79. The summed E-state index contributed by atoms with van der Waals surface area (Å²) in [7, 11) is 0. The molecule has 0 aromatic heterocycles. The number of likely N-dealkylation sites (tertiary alicyclic amines) is 1. The van der Waals surface area contributed by atoms with Crippen molar-refractivity contribution in [3.8, 4) is 0 Å². The van der Waals surface area contributed by atoms with E-state index in [1.807, 2.05) is 4.90 Å². The van der Waals surface area contributed by atoms with Crippen molar-refractivity contribution in [2.45, 2.75) is 45.4 Å². The Bertz CT molecular complexity index is 353. The topological polar surface area (TPSA) is 69.6 Å². The van der Waals surface area contributed by atoms with Gasteiger partial charge in [0.05, 0.1) is 0 Å². The summed E-state index contributed by atoms with van der Waals surface area (Å²) in [6.45, 7) is 4.43. The van der Waals surface area contributed by atoms with Crippen LogP contribution in [0.2, 0.25) is 0 Å². The number of hydrogen-bond donors (Lipinski definition) is 2. The highest BCUT2D eigenvalue weighted by Crippen LogP contribution is 2.47. The van der Waals surface area contributed by atoms with Gasteiger partial charge in [-0.25, -0.2) is 4.79 Å². The van der Waals surface area contributed by atoms with Gasteiger partial charge in [0.15, 0.2) is 0 Å². The number of carbonyl (C=O) groups excluding carboxylic acids is 1. The van der Waals surface area contributed by atoms with Gasteiger partial charge in [-0.05, 0) is 43.4 Å². The predicted molar refractivity (Wildman–Crippen MR) is 71.9 cm³/mol. The second kappa shape index (κ2) is 5.80. The lowest BCUT2D eigenvalue weighted by molar-refractivity contribution is -0.137. The third-order valence-corrected chi connectivity index (χ3v) is 4.66. The molecule has 0 spiro atoms. The van der Waals surface area contributed by atoms with Crippen molar-refractivity contribution in [2.24, 2.45) is 11.3 Å². The third-order valence-electron chi connectivity index (χ3n) is 4.66. The molecule has 5 nitrogen and oxygen atoms in total. The summed E-state index contributed by atoms with van der Waals surface area (Å²) in [6, 6.07) is 0.0255. The minimum Gasteiger partial charge on any atom is -0.481 e. The highest BCUT2D eigenvalue weighted by molar-refractivity contribution is 5.74. The molecule has 0 bridgehead atoms. The summed E-state index contributed by atoms with van der Waals surface area (Å²) in [5.41, 5.74) is 0.373. The minimum absolute atomic E-state index is 0.0255. The van der Waals surface area contributed by atoms with E-state index in [-0.39, 0.29) is 12.5 Å². The monoisotopic (exact) mass is 268 g/mol. The molecule has 108 valence electrons. The standard InChI is InChI=1S/C14H24N2O3/c1-2-14(6-7-14)10-15-13(19)16-8-5-11(9-16)3-4-12(17)18/h11H,2-10H2,1H3,(H,15,19)(H,17,18). The van der Waals surface area contributed by atoms with Crippen LogP contribution in [-0.4, -0.2) is 41.6 Å². The average Bonchev–Trinajstić information content (AvgIpc) is 3.02. The molecule has 0 aromatic rings. The van der Waals surface area contributed by atoms with Gasteiger partial charge in [-0.3, -0.25) is 4.79 Å². The van der Waals surface area contributed by atoms with Crippen molar-refractivity contribution in [1.29, 1.82) is 0 Å². The molecule has 1 aliphatic carbocycles. The summed E-state index contributed by atoms with van der Waals surface area (Å²) < 4.78 is 0. The molecule has 2 rings (SSSR count). The van der Waals surface area contributed by atoms with Crippen molar-refractivity contribution in [3.05, 3.63) is 0 Å². The van der Waals surface area contributed by atoms with Crippen LogP contribution in [0.5, 0.6) is 0 Å². The van der Waals surface area contributed by atoms with Gasteiger partial charge in [0.25, 0.3) is 0 Å². The molecule has 0 radical (unpaired) electrons. The molecule has 2 N–H and O–H groups in total. The van der Waals surface area contributed by atoms with E-state index in [4.69, 9.17) is 5.11 Å². The van der Waals surface area contributed by atoms with Gasteiger partial charge in [0.1, 0.15) is 0 Å². The molecule has 1 saturated heterocycles. The van der Waals surface area contributed by atoms with Gasteiger partial charge in [0.2, 0.25) is 0 Å². The molecule has 2 aliphatic rings. The molecule has 2 fully saturated rings. The first-order chi connectivity index (χ1) is 9.04.